The fraction of sp³-hybridized carbons (Fsp3) is 0.800. The van der Waals surface area contributed by atoms with Gasteiger partial charge in [0.15, 0.2) is 0 Å². The Labute approximate surface area is 115 Å². The van der Waals surface area contributed by atoms with Crippen molar-refractivity contribution < 1.29 is 19.1 Å². The van der Waals surface area contributed by atoms with Crippen LogP contribution in [0.15, 0.2) is 0 Å². The first-order valence-electron chi connectivity index (χ1n) is 5.35. The van der Waals surface area contributed by atoms with Gasteiger partial charge in [0.2, 0.25) is 0 Å². The Morgan fingerprint density at radius 3 is 1.50 bits per heavy atom. The quantitative estimate of drug-likeness (QED) is 0.347. The van der Waals surface area contributed by atoms with Gasteiger partial charge in [-0.25, -0.2) is 0 Å². The second-order valence-electron chi connectivity index (χ2n) is 3.30. The average Bonchev–Trinajstić information content (AvgIpc) is 2.41. The molecule has 0 saturated carbocycles. The van der Waals surface area contributed by atoms with Crippen molar-refractivity contribution in [3.05, 3.63) is 0 Å². The topological polar surface area (TPSA) is 76.7 Å². The molecular weight excluding hydrogens is 276 g/mol. The monoisotopic (exact) mass is 296 g/mol. The zero-order valence-electron chi connectivity index (χ0n) is 11.0. The minimum Gasteiger partial charge on any atom is -0.468 e. The summed E-state index contributed by atoms with van der Waals surface area (Å²) >= 11 is 0. The zero-order chi connectivity index (χ0) is 14.0. The summed E-state index contributed by atoms with van der Waals surface area (Å²) in [4.78, 5) is 22.6. The van der Waals surface area contributed by atoms with Crippen LogP contribution in [0.25, 0.3) is 0 Å². The van der Waals surface area contributed by atoms with E-state index in [1.165, 1.54) is 35.8 Å². The predicted molar refractivity (Wildman–Crippen MR) is 74.6 cm³/mol. The second kappa shape index (κ2) is 10.5. The summed E-state index contributed by atoms with van der Waals surface area (Å²) < 4.78 is 9.30. The number of carbonyl (C=O) groups excluding carboxylic acids is 2. The van der Waals surface area contributed by atoms with Crippen molar-refractivity contribution >= 4 is 33.5 Å². The van der Waals surface area contributed by atoms with Gasteiger partial charge >= 0.3 is 11.9 Å². The van der Waals surface area contributed by atoms with Crippen LogP contribution in [0.2, 0.25) is 0 Å². The van der Waals surface area contributed by atoms with Crippen molar-refractivity contribution in [3.8, 4) is 0 Å². The molecule has 0 saturated heterocycles. The largest absolute Gasteiger partial charge is 0.468 e. The summed E-state index contributed by atoms with van der Waals surface area (Å²) in [6, 6.07) is -0.669. The normalized spacial score (nSPS) is 13.8. The van der Waals surface area contributed by atoms with Gasteiger partial charge in [-0.2, -0.15) is 0 Å². The molecule has 0 aliphatic rings. The van der Waals surface area contributed by atoms with E-state index in [1.807, 2.05) is 0 Å². The van der Waals surface area contributed by atoms with E-state index in [1.54, 1.807) is 14.1 Å². The molecule has 8 heteroatoms. The molecule has 0 aromatic carbocycles. The van der Waals surface area contributed by atoms with Crippen molar-refractivity contribution in [1.29, 1.82) is 0 Å². The summed E-state index contributed by atoms with van der Waals surface area (Å²) in [5, 5.41) is 5.75. The Morgan fingerprint density at radius 2 is 1.28 bits per heavy atom. The Hall–Kier alpha value is -0.440. The highest BCUT2D eigenvalue weighted by Gasteiger charge is 2.19. The summed E-state index contributed by atoms with van der Waals surface area (Å²) in [5.74, 6) is 0.573. The van der Waals surface area contributed by atoms with E-state index in [-0.39, 0.29) is 24.0 Å². The van der Waals surface area contributed by atoms with Crippen LogP contribution in [0.1, 0.15) is 0 Å². The lowest BCUT2D eigenvalue weighted by atomic mass is 10.3. The smallest absolute Gasteiger partial charge is 0.323 e. The summed E-state index contributed by atoms with van der Waals surface area (Å²) in [6.45, 7) is 0. The standard InChI is InChI=1S/C10H20N2O4S2/c1-11-7(9(13)15-3)5-17-18-6-8(12-2)10(14)16-4/h7-8,11-12H,5-6H2,1-4H3/t7-,8-/m0/s1. The lowest BCUT2D eigenvalue weighted by Gasteiger charge is -2.15. The van der Waals surface area contributed by atoms with Gasteiger partial charge in [-0.1, -0.05) is 21.6 Å². The lowest BCUT2D eigenvalue weighted by Crippen LogP contribution is -2.38. The molecule has 0 spiro atoms. The fourth-order valence-electron chi connectivity index (χ4n) is 1.06. The molecule has 2 atom stereocenters. The van der Waals surface area contributed by atoms with Gasteiger partial charge in [0.05, 0.1) is 14.2 Å². The highest BCUT2D eigenvalue weighted by Crippen LogP contribution is 2.23. The molecule has 0 aromatic rings. The Morgan fingerprint density at radius 1 is 0.944 bits per heavy atom. The van der Waals surface area contributed by atoms with E-state index >= 15 is 0 Å². The number of ether oxygens (including phenoxy) is 2. The minimum absolute atomic E-state index is 0.288. The maximum atomic E-state index is 11.3. The molecule has 0 bridgehead atoms. The average molecular weight is 296 g/mol. The Bertz CT molecular complexity index is 240. The van der Waals surface area contributed by atoms with Gasteiger partial charge in [0, 0.05) is 11.5 Å². The van der Waals surface area contributed by atoms with E-state index in [0.29, 0.717) is 11.5 Å². The van der Waals surface area contributed by atoms with Crippen molar-refractivity contribution in [2.75, 3.05) is 39.8 Å². The van der Waals surface area contributed by atoms with Gasteiger partial charge in [-0.3, -0.25) is 9.59 Å². The molecule has 6 nitrogen and oxygen atoms in total. The molecule has 0 aromatic heterocycles. The number of likely N-dealkylation sites (N-methyl/N-ethyl adjacent to an activating group) is 2. The molecule has 0 rings (SSSR count). The first-order valence-corrected chi connectivity index (χ1v) is 7.84. The number of carbonyl (C=O) groups is 2. The number of nitrogens with one attached hydrogen (secondary N) is 2. The molecule has 106 valence electrons. The minimum atomic E-state index is -0.335. The first kappa shape index (κ1) is 17.6. The van der Waals surface area contributed by atoms with E-state index < -0.39 is 0 Å². The van der Waals surface area contributed by atoms with Crippen molar-refractivity contribution in [1.82, 2.24) is 10.6 Å². The third kappa shape index (κ3) is 6.48. The highest BCUT2D eigenvalue weighted by molar-refractivity contribution is 8.76. The van der Waals surface area contributed by atoms with Crippen molar-refractivity contribution in [2.45, 2.75) is 12.1 Å². The molecule has 0 radical (unpaired) electrons. The van der Waals surface area contributed by atoms with E-state index in [2.05, 4.69) is 20.1 Å². The van der Waals surface area contributed by atoms with Gasteiger partial charge in [-0.15, -0.1) is 0 Å². The number of hydrogen-bond acceptors (Lipinski definition) is 8. The van der Waals surface area contributed by atoms with Crippen LogP contribution in [0.4, 0.5) is 0 Å². The van der Waals surface area contributed by atoms with Crippen molar-refractivity contribution in [3.63, 3.8) is 0 Å². The molecule has 0 fully saturated rings. The molecule has 18 heavy (non-hydrogen) atoms. The number of hydrogen-bond donors (Lipinski definition) is 2. The highest BCUT2D eigenvalue weighted by atomic mass is 33.1. The number of methoxy groups -OCH3 is 2. The number of rotatable bonds is 9. The van der Waals surface area contributed by atoms with Gasteiger partial charge in [-0.05, 0) is 14.1 Å². The fourth-order valence-corrected chi connectivity index (χ4v) is 3.52. The Balaban J connectivity index is 3.89. The lowest BCUT2D eigenvalue weighted by molar-refractivity contribution is -0.143. The Kier molecular flexibility index (Phi) is 10.2. The second-order valence-corrected chi connectivity index (χ2v) is 5.85. The van der Waals surface area contributed by atoms with Crippen molar-refractivity contribution in [2.24, 2.45) is 0 Å². The molecule has 2 N–H and O–H groups in total. The SMILES string of the molecule is CN[C@@H](CSSC[C@H](NC)C(=O)OC)C(=O)OC. The maximum absolute atomic E-state index is 11.3. The summed E-state index contributed by atoms with van der Waals surface area (Å²) in [6.07, 6.45) is 0. The molecule has 0 amide bonds. The van der Waals surface area contributed by atoms with E-state index in [4.69, 9.17) is 0 Å². The van der Waals surface area contributed by atoms with Crippen LogP contribution >= 0.6 is 21.6 Å². The third-order valence-electron chi connectivity index (χ3n) is 2.22. The molecule has 0 aliphatic heterocycles. The molecule has 0 aliphatic carbocycles. The summed E-state index contributed by atoms with van der Waals surface area (Å²) in [7, 11) is 9.15. The van der Waals surface area contributed by atoms with E-state index in [9.17, 15) is 9.59 Å². The molecular formula is C10H20N2O4S2. The van der Waals surface area contributed by atoms with Crippen LogP contribution in [0, 0.1) is 0 Å². The third-order valence-corrected chi connectivity index (χ3v) is 4.64. The predicted octanol–water partition coefficient (Wildman–Crippen LogP) is -0.110. The van der Waals surface area contributed by atoms with Crippen LogP contribution in [-0.4, -0.2) is 63.8 Å². The van der Waals surface area contributed by atoms with Gasteiger partial charge < -0.3 is 20.1 Å². The number of esters is 2. The van der Waals surface area contributed by atoms with Crippen LogP contribution < -0.4 is 10.6 Å². The first-order chi connectivity index (χ1) is 8.60. The van der Waals surface area contributed by atoms with Gasteiger partial charge in [0.1, 0.15) is 12.1 Å². The molecule has 0 unspecified atom stereocenters. The van der Waals surface area contributed by atoms with E-state index in [0.717, 1.165) is 0 Å². The van der Waals surface area contributed by atoms with Crippen LogP contribution in [0.3, 0.4) is 0 Å². The summed E-state index contributed by atoms with van der Waals surface area (Å²) in [5.41, 5.74) is 0. The zero-order valence-corrected chi connectivity index (χ0v) is 12.7. The van der Waals surface area contributed by atoms with Crippen LogP contribution in [0.5, 0.6) is 0 Å². The maximum Gasteiger partial charge on any atom is 0.323 e. The van der Waals surface area contributed by atoms with Gasteiger partial charge in [0.25, 0.3) is 0 Å². The molecule has 0 heterocycles. The van der Waals surface area contributed by atoms with Crippen LogP contribution in [-0.2, 0) is 19.1 Å².